The summed E-state index contributed by atoms with van der Waals surface area (Å²) >= 11 is 0. The van der Waals surface area contributed by atoms with Gasteiger partial charge < -0.3 is 10.6 Å². The fourth-order valence-corrected chi connectivity index (χ4v) is 2.71. The Kier molecular flexibility index (Phi) is 5.27. The van der Waals surface area contributed by atoms with Crippen molar-refractivity contribution in [3.05, 3.63) is 77.7 Å². The van der Waals surface area contributed by atoms with E-state index in [9.17, 15) is 4.79 Å². The highest BCUT2D eigenvalue weighted by Crippen LogP contribution is 2.29. The summed E-state index contributed by atoms with van der Waals surface area (Å²) in [6.45, 7) is 6.42. The maximum atomic E-state index is 12.2. The fraction of sp³-hybridized carbons (Fsp3) is 0.190. The number of para-hydroxylation sites is 1. The van der Waals surface area contributed by atoms with Crippen molar-refractivity contribution in [2.45, 2.75) is 26.7 Å². The minimum atomic E-state index is -0.207. The largest absolute Gasteiger partial charge is 0.340 e. The third-order valence-corrected chi connectivity index (χ3v) is 4.13. The van der Waals surface area contributed by atoms with Gasteiger partial charge in [0.05, 0.1) is 17.4 Å². The highest BCUT2D eigenvalue weighted by molar-refractivity contribution is 6.03. The molecule has 0 aliphatic carbocycles. The molecule has 132 valence electrons. The van der Waals surface area contributed by atoms with Crippen molar-refractivity contribution in [2.24, 2.45) is 0 Å². The third-order valence-electron chi connectivity index (χ3n) is 4.13. The van der Waals surface area contributed by atoms with Crippen LogP contribution in [0.5, 0.6) is 0 Å². The Balaban J connectivity index is 1.74. The van der Waals surface area contributed by atoms with Crippen LogP contribution >= 0.6 is 0 Å². The van der Waals surface area contributed by atoms with Crippen LogP contribution in [0.15, 0.2) is 61.1 Å². The zero-order chi connectivity index (χ0) is 18.5. The lowest BCUT2D eigenvalue weighted by Gasteiger charge is -2.17. The van der Waals surface area contributed by atoms with Gasteiger partial charge in [0.1, 0.15) is 5.82 Å². The van der Waals surface area contributed by atoms with Gasteiger partial charge in [0.15, 0.2) is 0 Å². The monoisotopic (exact) mass is 346 g/mol. The fourth-order valence-electron chi connectivity index (χ4n) is 2.71. The third kappa shape index (κ3) is 4.06. The highest BCUT2D eigenvalue weighted by Gasteiger charge is 2.10. The summed E-state index contributed by atoms with van der Waals surface area (Å²) in [6, 6.07) is 13.4. The number of carbonyl (C=O) groups is 1. The van der Waals surface area contributed by atoms with Crippen LogP contribution in [-0.4, -0.2) is 15.9 Å². The van der Waals surface area contributed by atoms with Crippen LogP contribution < -0.4 is 10.6 Å². The number of hydrogen-bond donors (Lipinski definition) is 2. The molecule has 0 radical (unpaired) electrons. The molecule has 5 heteroatoms. The molecule has 3 rings (SSSR count). The van der Waals surface area contributed by atoms with Gasteiger partial charge in [0, 0.05) is 18.1 Å². The molecule has 0 spiro atoms. The van der Waals surface area contributed by atoms with Crippen LogP contribution in [0.4, 0.5) is 17.2 Å². The SMILES string of the molecule is Cc1cccc(C(C)C)c1Nc1ccc(NC(=O)c2cccnc2)cn1. The average Bonchev–Trinajstić information content (AvgIpc) is 2.65. The Morgan fingerprint density at radius 1 is 1.04 bits per heavy atom. The van der Waals surface area contributed by atoms with E-state index in [1.165, 1.54) is 17.3 Å². The number of anilines is 3. The quantitative estimate of drug-likeness (QED) is 0.689. The number of amides is 1. The van der Waals surface area contributed by atoms with Crippen molar-refractivity contribution in [3.8, 4) is 0 Å². The molecular formula is C21H22N4O. The molecule has 0 aliphatic rings. The number of carbonyl (C=O) groups excluding carboxylic acids is 1. The van der Waals surface area contributed by atoms with Crippen LogP contribution in [0.3, 0.4) is 0 Å². The molecule has 2 N–H and O–H groups in total. The predicted molar refractivity (Wildman–Crippen MR) is 105 cm³/mol. The van der Waals surface area contributed by atoms with E-state index in [1.54, 1.807) is 24.5 Å². The standard InChI is InChI=1S/C21H22N4O/c1-14(2)18-8-4-6-15(3)20(18)25-19-10-9-17(13-23-19)24-21(26)16-7-5-11-22-12-16/h4-14H,1-3H3,(H,23,25)(H,24,26). The molecule has 0 unspecified atom stereocenters. The van der Waals surface area contributed by atoms with Gasteiger partial charge in [0.2, 0.25) is 0 Å². The summed E-state index contributed by atoms with van der Waals surface area (Å²) in [5.74, 6) is 0.942. The first kappa shape index (κ1) is 17.6. The van der Waals surface area contributed by atoms with Crippen molar-refractivity contribution in [1.29, 1.82) is 0 Å². The maximum Gasteiger partial charge on any atom is 0.257 e. The van der Waals surface area contributed by atoms with Gasteiger partial charge in [-0.15, -0.1) is 0 Å². The molecule has 1 aromatic carbocycles. The summed E-state index contributed by atoms with van der Waals surface area (Å²) in [4.78, 5) is 20.5. The number of pyridine rings is 2. The smallest absolute Gasteiger partial charge is 0.257 e. The van der Waals surface area contributed by atoms with Crippen molar-refractivity contribution in [1.82, 2.24) is 9.97 Å². The van der Waals surface area contributed by atoms with Crippen molar-refractivity contribution in [2.75, 3.05) is 10.6 Å². The van der Waals surface area contributed by atoms with E-state index in [1.807, 2.05) is 12.1 Å². The van der Waals surface area contributed by atoms with E-state index >= 15 is 0 Å². The first-order valence-electron chi connectivity index (χ1n) is 8.58. The van der Waals surface area contributed by atoms with Crippen molar-refractivity contribution < 1.29 is 4.79 Å². The topological polar surface area (TPSA) is 66.9 Å². The number of hydrogen-bond acceptors (Lipinski definition) is 4. The van der Waals surface area contributed by atoms with Gasteiger partial charge in [0.25, 0.3) is 5.91 Å². The number of benzene rings is 1. The second-order valence-corrected chi connectivity index (χ2v) is 6.45. The summed E-state index contributed by atoms with van der Waals surface area (Å²) < 4.78 is 0. The van der Waals surface area contributed by atoms with Crippen LogP contribution in [0, 0.1) is 6.92 Å². The molecule has 0 fully saturated rings. The van der Waals surface area contributed by atoms with Crippen LogP contribution in [0.1, 0.15) is 41.3 Å². The lowest BCUT2D eigenvalue weighted by atomic mass is 9.98. The molecule has 26 heavy (non-hydrogen) atoms. The Morgan fingerprint density at radius 3 is 2.54 bits per heavy atom. The lowest BCUT2D eigenvalue weighted by Crippen LogP contribution is -2.12. The van der Waals surface area contributed by atoms with Crippen LogP contribution in [0.2, 0.25) is 0 Å². The molecule has 0 saturated carbocycles. The van der Waals surface area contributed by atoms with Gasteiger partial charge in [-0.2, -0.15) is 0 Å². The van der Waals surface area contributed by atoms with E-state index in [4.69, 9.17) is 0 Å². The Labute approximate surface area is 153 Å². The lowest BCUT2D eigenvalue weighted by molar-refractivity contribution is 0.102. The summed E-state index contributed by atoms with van der Waals surface area (Å²) in [5.41, 5.74) is 4.66. The number of aryl methyl sites for hydroxylation is 1. The normalized spacial score (nSPS) is 10.6. The Hall–Kier alpha value is -3.21. The Bertz CT molecular complexity index is 890. The van der Waals surface area contributed by atoms with Gasteiger partial charge in [-0.05, 0) is 48.2 Å². The molecule has 0 bridgehead atoms. The van der Waals surface area contributed by atoms with E-state index in [2.05, 4.69) is 59.6 Å². The number of rotatable bonds is 5. The molecule has 2 aromatic heterocycles. The van der Waals surface area contributed by atoms with Crippen molar-refractivity contribution >= 4 is 23.1 Å². The number of nitrogens with one attached hydrogen (secondary N) is 2. The van der Waals surface area contributed by atoms with E-state index in [0.29, 0.717) is 17.2 Å². The minimum absolute atomic E-state index is 0.207. The van der Waals surface area contributed by atoms with E-state index in [-0.39, 0.29) is 5.91 Å². The molecule has 0 aliphatic heterocycles. The molecule has 1 amide bonds. The zero-order valence-electron chi connectivity index (χ0n) is 15.2. The average molecular weight is 346 g/mol. The maximum absolute atomic E-state index is 12.2. The van der Waals surface area contributed by atoms with E-state index in [0.717, 1.165) is 11.5 Å². The second kappa shape index (κ2) is 7.78. The van der Waals surface area contributed by atoms with Crippen molar-refractivity contribution in [3.63, 3.8) is 0 Å². The predicted octanol–water partition coefficient (Wildman–Crippen LogP) is 4.90. The second-order valence-electron chi connectivity index (χ2n) is 6.45. The first-order valence-corrected chi connectivity index (χ1v) is 8.58. The molecule has 2 heterocycles. The van der Waals surface area contributed by atoms with E-state index < -0.39 is 0 Å². The summed E-state index contributed by atoms with van der Waals surface area (Å²) in [6.07, 6.45) is 4.81. The number of nitrogens with zero attached hydrogens (tertiary/aromatic N) is 2. The van der Waals surface area contributed by atoms with Crippen LogP contribution in [-0.2, 0) is 0 Å². The van der Waals surface area contributed by atoms with Crippen LogP contribution in [0.25, 0.3) is 0 Å². The van der Waals surface area contributed by atoms with Gasteiger partial charge in [-0.1, -0.05) is 32.0 Å². The molecule has 0 saturated heterocycles. The molecule has 0 atom stereocenters. The first-order chi connectivity index (χ1) is 12.5. The van der Waals surface area contributed by atoms with Gasteiger partial charge in [-0.3, -0.25) is 9.78 Å². The molecular weight excluding hydrogens is 324 g/mol. The summed E-state index contributed by atoms with van der Waals surface area (Å²) in [5, 5.41) is 6.22. The van der Waals surface area contributed by atoms with Gasteiger partial charge >= 0.3 is 0 Å². The highest BCUT2D eigenvalue weighted by atomic mass is 16.1. The molecule has 3 aromatic rings. The number of aromatic nitrogens is 2. The van der Waals surface area contributed by atoms with Gasteiger partial charge in [-0.25, -0.2) is 4.98 Å². The minimum Gasteiger partial charge on any atom is -0.340 e. The zero-order valence-corrected chi connectivity index (χ0v) is 15.2. The summed E-state index contributed by atoms with van der Waals surface area (Å²) in [7, 11) is 0. The molecule has 5 nitrogen and oxygen atoms in total. The Morgan fingerprint density at radius 2 is 1.88 bits per heavy atom.